The van der Waals surface area contributed by atoms with Gasteiger partial charge in [-0.2, -0.15) is 0 Å². The zero-order valence-electron chi connectivity index (χ0n) is 16.5. The minimum absolute atomic E-state index is 0.367. The number of nitrogens with one attached hydrogen (secondary N) is 1. The molecule has 4 rings (SSSR count). The van der Waals surface area contributed by atoms with Gasteiger partial charge in [-0.3, -0.25) is 0 Å². The zero-order valence-corrected chi connectivity index (χ0v) is 18.5. The van der Waals surface area contributed by atoms with Gasteiger partial charge in [-0.05, 0) is 23.8 Å². The summed E-state index contributed by atoms with van der Waals surface area (Å²) in [7, 11) is -1.97. The first-order valence-electron chi connectivity index (χ1n) is 9.55. The van der Waals surface area contributed by atoms with E-state index in [2.05, 4.69) is 110 Å². The van der Waals surface area contributed by atoms with Crippen molar-refractivity contribution in [2.24, 2.45) is 0 Å². The van der Waals surface area contributed by atoms with Gasteiger partial charge >= 0.3 is 0 Å². The molecular weight excluding hydrogens is 358 g/mol. The van der Waals surface area contributed by atoms with E-state index in [0.717, 1.165) is 0 Å². The number of rotatable bonds is 4. The van der Waals surface area contributed by atoms with Gasteiger partial charge in [-0.1, -0.05) is 96.9 Å². The Kier molecular flexibility index (Phi) is 4.66. The van der Waals surface area contributed by atoms with Crippen molar-refractivity contribution in [2.45, 2.75) is 26.2 Å². The summed E-state index contributed by atoms with van der Waals surface area (Å²) in [6.07, 6.45) is 2.32. The van der Waals surface area contributed by atoms with Crippen molar-refractivity contribution < 1.29 is 0 Å². The molecule has 0 bridgehead atoms. The van der Waals surface area contributed by atoms with Crippen molar-refractivity contribution in [3.05, 3.63) is 78.0 Å². The van der Waals surface area contributed by atoms with E-state index in [1.807, 2.05) is 0 Å². The van der Waals surface area contributed by atoms with Crippen molar-refractivity contribution >= 4 is 55.1 Å². The predicted molar refractivity (Wildman–Crippen MR) is 126 cm³/mol. The Hall–Kier alpha value is -2.37. The number of aromatic amines is 1. The van der Waals surface area contributed by atoms with Gasteiger partial charge < -0.3 is 4.98 Å². The summed E-state index contributed by atoms with van der Waals surface area (Å²) < 4.78 is 0. The smallest absolute Gasteiger partial charge is 0.104 e. The van der Waals surface area contributed by atoms with Crippen LogP contribution in [0.3, 0.4) is 0 Å². The van der Waals surface area contributed by atoms with E-state index in [9.17, 15) is 0 Å². The summed E-state index contributed by atoms with van der Waals surface area (Å²) in [5, 5.41) is 5.62. The minimum Gasteiger partial charge on any atom is -0.355 e. The van der Waals surface area contributed by atoms with E-state index in [1.165, 1.54) is 37.7 Å². The lowest BCUT2D eigenvalue weighted by Crippen LogP contribution is -2.40. The second kappa shape index (κ2) is 6.98. The predicted octanol–water partition coefficient (Wildman–Crippen LogP) is 5.45. The highest BCUT2D eigenvalue weighted by molar-refractivity contribution is 6.94. The number of H-pyrrole nitrogens is 1. The third-order valence-corrected chi connectivity index (χ3v) is 9.74. The van der Waals surface area contributed by atoms with Crippen molar-refractivity contribution in [1.82, 2.24) is 4.98 Å². The number of para-hydroxylation sites is 1. The van der Waals surface area contributed by atoms with Gasteiger partial charge in [0.15, 0.2) is 0 Å². The van der Waals surface area contributed by atoms with Crippen LogP contribution in [0.5, 0.6) is 0 Å². The highest BCUT2D eigenvalue weighted by atomic mass is 28.3. The number of aromatic nitrogens is 1. The van der Waals surface area contributed by atoms with Crippen LogP contribution >= 0.6 is 0 Å². The zero-order chi connectivity index (χ0) is 19.0. The number of fused-ring (bicyclic) bond motifs is 3. The fourth-order valence-corrected chi connectivity index (χ4v) is 6.26. The number of benzene rings is 3. The summed E-state index contributed by atoms with van der Waals surface area (Å²) in [6, 6.07) is 24.6. The molecule has 0 amide bonds. The van der Waals surface area contributed by atoms with Crippen molar-refractivity contribution in [2.75, 3.05) is 0 Å². The molecule has 1 N–H and O–H groups in total. The topological polar surface area (TPSA) is 15.8 Å². The molecule has 27 heavy (non-hydrogen) atoms. The maximum Gasteiger partial charge on any atom is 0.104 e. The van der Waals surface area contributed by atoms with E-state index < -0.39 is 8.07 Å². The van der Waals surface area contributed by atoms with Crippen LogP contribution < -0.4 is 10.4 Å². The Balaban J connectivity index is 1.65. The second-order valence-corrected chi connectivity index (χ2v) is 15.0. The van der Waals surface area contributed by atoms with Crippen molar-refractivity contribution in [1.29, 1.82) is 0 Å². The van der Waals surface area contributed by atoms with Crippen LogP contribution in [0.15, 0.2) is 72.4 Å². The molecule has 0 atom stereocenters. The van der Waals surface area contributed by atoms with Crippen LogP contribution in [0.1, 0.15) is 5.56 Å². The first-order chi connectivity index (χ1) is 12.9. The second-order valence-electron chi connectivity index (χ2n) is 8.11. The monoisotopic (exact) mass is 384 g/mol. The number of hydrogen-bond acceptors (Lipinski definition) is 0. The Morgan fingerprint density at radius 3 is 2.26 bits per heavy atom. The summed E-state index contributed by atoms with van der Waals surface area (Å²) in [6.45, 7) is 9.55. The molecule has 0 aliphatic heterocycles. The molecule has 0 unspecified atom stereocenters. The molecule has 0 spiro atoms. The maximum absolute atomic E-state index is 3.50. The molecule has 1 radical (unpaired) electrons. The van der Waals surface area contributed by atoms with Crippen molar-refractivity contribution in [3.8, 4) is 0 Å². The molecular formula is C24H26NSi2. The third-order valence-electron chi connectivity index (χ3n) is 5.43. The average molecular weight is 385 g/mol. The molecule has 3 aromatic carbocycles. The lowest BCUT2D eigenvalue weighted by Gasteiger charge is -2.19. The molecule has 0 aliphatic rings. The van der Waals surface area contributed by atoms with Crippen LogP contribution in [0.4, 0.5) is 0 Å². The molecule has 1 nitrogen and oxygen atoms in total. The lowest BCUT2D eigenvalue weighted by atomic mass is 10.1. The summed E-state index contributed by atoms with van der Waals surface area (Å²) in [5.41, 5.74) is 6.15. The van der Waals surface area contributed by atoms with Crippen LogP contribution in [0, 0.1) is 0 Å². The van der Waals surface area contributed by atoms with Crippen LogP contribution in [-0.4, -0.2) is 21.9 Å². The molecule has 0 saturated heterocycles. The Morgan fingerprint density at radius 2 is 1.52 bits per heavy atom. The van der Waals surface area contributed by atoms with Crippen molar-refractivity contribution in [3.63, 3.8) is 0 Å². The van der Waals surface area contributed by atoms with E-state index in [4.69, 9.17) is 0 Å². The van der Waals surface area contributed by atoms with E-state index in [-0.39, 0.29) is 8.80 Å². The van der Waals surface area contributed by atoms with Gasteiger partial charge in [-0.25, -0.2) is 0 Å². The quantitative estimate of drug-likeness (QED) is 0.450. The van der Waals surface area contributed by atoms with Crippen LogP contribution in [-0.2, 0) is 0 Å². The fourth-order valence-electron chi connectivity index (χ4n) is 3.60. The van der Waals surface area contributed by atoms with Gasteiger partial charge in [0.2, 0.25) is 0 Å². The normalized spacial score (nSPS) is 12.6. The van der Waals surface area contributed by atoms with Gasteiger partial charge in [0.1, 0.15) is 8.07 Å². The SMILES string of the molecule is C[Si](C)c1ccc([Si](C)(C)/C=C/c2ccc3[nH]c4ccccc4c3c2)cc1. The largest absolute Gasteiger partial charge is 0.355 e. The summed E-state index contributed by atoms with van der Waals surface area (Å²) in [5.74, 6) is 0. The Bertz CT molecular complexity index is 1120. The average Bonchev–Trinajstić information content (AvgIpc) is 3.04. The molecule has 0 fully saturated rings. The van der Waals surface area contributed by atoms with Gasteiger partial charge in [0.05, 0.1) is 8.80 Å². The van der Waals surface area contributed by atoms with Gasteiger partial charge in [0, 0.05) is 21.8 Å². The first kappa shape index (κ1) is 18.0. The number of hydrogen-bond donors (Lipinski definition) is 1. The molecule has 3 heteroatoms. The summed E-state index contributed by atoms with van der Waals surface area (Å²) in [4.78, 5) is 3.50. The molecule has 4 aromatic rings. The highest BCUT2D eigenvalue weighted by Crippen LogP contribution is 2.26. The lowest BCUT2D eigenvalue weighted by molar-refractivity contribution is 1.54. The Morgan fingerprint density at radius 1 is 0.815 bits per heavy atom. The molecule has 1 heterocycles. The first-order valence-corrected chi connectivity index (χ1v) is 15.1. The van der Waals surface area contributed by atoms with E-state index in [0.29, 0.717) is 0 Å². The van der Waals surface area contributed by atoms with E-state index in [1.54, 1.807) is 0 Å². The maximum atomic E-state index is 3.50. The standard InChI is InChI=1S/C24H26NSi2/c1-26(2)19-10-12-20(13-11-19)27(3,4)16-15-18-9-14-24-22(17-18)21-7-5-6-8-23(21)25-24/h5-17,25H,1-4H3/b16-15+. The molecule has 0 aliphatic carbocycles. The summed E-state index contributed by atoms with van der Waals surface area (Å²) >= 11 is 0. The Labute approximate surface area is 164 Å². The van der Waals surface area contributed by atoms with Gasteiger partial charge in [0.25, 0.3) is 0 Å². The van der Waals surface area contributed by atoms with Crippen LogP contribution in [0.2, 0.25) is 26.2 Å². The van der Waals surface area contributed by atoms with Crippen LogP contribution in [0.25, 0.3) is 27.9 Å². The highest BCUT2D eigenvalue weighted by Gasteiger charge is 2.19. The minimum atomic E-state index is -1.60. The van der Waals surface area contributed by atoms with E-state index >= 15 is 0 Å². The fraction of sp³-hybridized carbons (Fsp3) is 0.167. The molecule has 1 aromatic heterocycles. The van der Waals surface area contributed by atoms with Gasteiger partial charge in [-0.15, -0.1) is 0 Å². The molecule has 135 valence electrons. The third kappa shape index (κ3) is 3.57. The molecule has 0 saturated carbocycles.